The molecule has 0 saturated carbocycles. The summed E-state index contributed by atoms with van der Waals surface area (Å²) in [5.41, 5.74) is 0.836. The lowest BCUT2D eigenvalue weighted by atomic mass is 10.2. The molecule has 2 N–H and O–H groups in total. The summed E-state index contributed by atoms with van der Waals surface area (Å²) in [6, 6.07) is 3.22. The molecule has 0 unspecified atom stereocenters. The van der Waals surface area contributed by atoms with Gasteiger partial charge in [-0.15, -0.1) is 0 Å². The van der Waals surface area contributed by atoms with Crippen molar-refractivity contribution in [2.45, 2.75) is 13.3 Å². The van der Waals surface area contributed by atoms with E-state index in [2.05, 4.69) is 10.3 Å². The minimum Gasteiger partial charge on any atom is -0.356 e. The molecule has 0 saturated heterocycles. The number of rotatable bonds is 4. The number of amides is 1. The smallest absolute Gasteiger partial charge is 0.247 e. The van der Waals surface area contributed by atoms with E-state index in [4.69, 9.17) is 0 Å². The van der Waals surface area contributed by atoms with Crippen LogP contribution in [0.5, 0.6) is 0 Å². The fourth-order valence-corrected chi connectivity index (χ4v) is 1.08. The van der Waals surface area contributed by atoms with Crippen LogP contribution in [0.3, 0.4) is 0 Å². The second-order valence-electron chi connectivity index (χ2n) is 3.16. The van der Waals surface area contributed by atoms with Gasteiger partial charge in [0.25, 0.3) is 0 Å². The van der Waals surface area contributed by atoms with Gasteiger partial charge in [0.15, 0.2) is 0 Å². The Bertz CT molecular complexity index is 387. The number of carbonyl (C=O) groups is 1. The second-order valence-corrected chi connectivity index (χ2v) is 3.16. The molecule has 1 aromatic rings. The highest BCUT2D eigenvalue weighted by Crippen LogP contribution is 1.97. The van der Waals surface area contributed by atoms with Gasteiger partial charge in [0.1, 0.15) is 0 Å². The number of hydrogen-bond acceptors (Lipinski definition) is 2. The standard InChI is InChI=1S/C11H14N2O2/c1-9(14)12-7-3-2-4-10-5-6-11(15)13-8-10/h2,4-6,8H,3,7H2,1H3,(H,12,14)(H,13,15). The van der Waals surface area contributed by atoms with Crippen LogP contribution in [0.2, 0.25) is 0 Å². The number of hydrogen-bond donors (Lipinski definition) is 2. The molecule has 1 amide bonds. The molecule has 0 spiro atoms. The molecule has 0 bridgehead atoms. The van der Waals surface area contributed by atoms with Crippen LogP contribution in [-0.2, 0) is 4.79 Å². The van der Waals surface area contributed by atoms with Crippen molar-refractivity contribution >= 4 is 12.0 Å². The van der Waals surface area contributed by atoms with Crippen molar-refractivity contribution in [1.82, 2.24) is 10.3 Å². The Hall–Kier alpha value is -1.84. The summed E-state index contributed by atoms with van der Waals surface area (Å²) in [5.74, 6) is -0.0209. The average Bonchev–Trinajstić information content (AvgIpc) is 2.20. The van der Waals surface area contributed by atoms with E-state index < -0.39 is 0 Å². The van der Waals surface area contributed by atoms with E-state index in [1.807, 2.05) is 12.2 Å². The van der Waals surface area contributed by atoms with Gasteiger partial charge in [-0.1, -0.05) is 12.2 Å². The summed E-state index contributed by atoms with van der Waals surface area (Å²) in [6.45, 7) is 2.13. The molecule has 0 aromatic carbocycles. The monoisotopic (exact) mass is 206 g/mol. The number of nitrogens with one attached hydrogen (secondary N) is 2. The summed E-state index contributed by atoms with van der Waals surface area (Å²) < 4.78 is 0. The summed E-state index contributed by atoms with van der Waals surface area (Å²) >= 11 is 0. The highest BCUT2D eigenvalue weighted by molar-refractivity contribution is 5.72. The normalized spacial score (nSPS) is 10.5. The largest absolute Gasteiger partial charge is 0.356 e. The fourth-order valence-electron chi connectivity index (χ4n) is 1.08. The minimum atomic E-state index is -0.106. The van der Waals surface area contributed by atoms with E-state index in [1.165, 1.54) is 13.0 Å². The van der Waals surface area contributed by atoms with Crippen LogP contribution >= 0.6 is 0 Å². The van der Waals surface area contributed by atoms with Gasteiger partial charge < -0.3 is 10.3 Å². The summed E-state index contributed by atoms with van der Waals surface area (Å²) in [6.07, 6.45) is 6.28. The summed E-state index contributed by atoms with van der Waals surface area (Å²) in [4.78, 5) is 23.9. The van der Waals surface area contributed by atoms with Crippen molar-refractivity contribution in [3.05, 3.63) is 40.3 Å². The highest BCUT2D eigenvalue weighted by atomic mass is 16.1. The summed E-state index contributed by atoms with van der Waals surface area (Å²) in [5, 5.41) is 2.69. The van der Waals surface area contributed by atoms with Gasteiger partial charge in [-0.05, 0) is 18.1 Å². The molecule has 4 nitrogen and oxygen atoms in total. The van der Waals surface area contributed by atoms with Gasteiger partial charge in [-0.2, -0.15) is 0 Å². The van der Waals surface area contributed by atoms with Crippen LogP contribution in [-0.4, -0.2) is 17.4 Å². The highest BCUT2D eigenvalue weighted by Gasteiger charge is 1.88. The van der Waals surface area contributed by atoms with E-state index in [0.29, 0.717) is 6.54 Å². The van der Waals surface area contributed by atoms with Crippen LogP contribution in [0.4, 0.5) is 0 Å². The molecular weight excluding hydrogens is 192 g/mol. The Kier molecular flexibility index (Phi) is 4.34. The average molecular weight is 206 g/mol. The van der Waals surface area contributed by atoms with Gasteiger partial charge in [-0.3, -0.25) is 9.59 Å². The summed E-state index contributed by atoms with van der Waals surface area (Å²) in [7, 11) is 0. The topological polar surface area (TPSA) is 62.0 Å². The Balaban J connectivity index is 2.35. The van der Waals surface area contributed by atoms with E-state index >= 15 is 0 Å². The molecule has 0 atom stereocenters. The molecule has 0 aliphatic rings. The molecule has 0 aliphatic heterocycles. The lowest BCUT2D eigenvalue weighted by molar-refractivity contribution is -0.118. The Morgan fingerprint density at radius 3 is 2.93 bits per heavy atom. The number of carbonyl (C=O) groups excluding carboxylic acids is 1. The predicted octanol–water partition coefficient (Wildman–Crippen LogP) is 0.914. The maximum absolute atomic E-state index is 10.7. The molecule has 4 heteroatoms. The maximum atomic E-state index is 10.7. The van der Waals surface area contributed by atoms with Crippen molar-refractivity contribution in [2.75, 3.05) is 6.54 Å². The minimum absolute atomic E-state index is 0.0209. The zero-order valence-corrected chi connectivity index (χ0v) is 8.62. The van der Waals surface area contributed by atoms with Gasteiger partial charge >= 0.3 is 0 Å². The van der Waals surface area contributed by atoms with Gasteiger partial charge in [-0.25, -0.2) is 0 Å². The van der Waals surface area contributed by atoms with Crippen molar-refractivity contribution in [3.63, 3.8) is 0 Å². The number of aromatic nitrogens is 1. The molecule has 1 rings (SSSR count). The lowest BCUT2D eigenvalue weighted by Crippen LogP contribution is -2.20. The van der Waals surface area contributed by atoms with E-state index in [1.54, 1.807) is 12.3 Å². The van der Waals surface area contributed by atoms with Crippen molar-refractivity contribution in [1.29, 1.82) is 0 Å². The Morgan fingerprint density at radius 2 is 2.33 bits per heavy atom. The van der Waals surface area contributed by atoms with Gasteiger partial charge in [0.2, 0.25) is 11.5 Å². The molecule has 15 heavy (non-hydrogen) atoms. The van der Waals surface area contributed by atoms with E-state index in [0.717, 1.165) is 12.0 Å². The first-order valence-electron chi connectivity index (χ1n) is 4.78. The molecule has 0 radical (unpaired) electrons. The van der Waals surface area contributed by atoms with Crippen molar-refractivity contribution < 1.29 is 4.79 Å². The Morgan fingerprint density at radius 1 is 1.53 bits per heavy atom. The quantitative estimate of drug-likeness (QED) is 0.719. The maximum Gasteiger partial charge on any atom is 0.247 e. The predicted molar refractivity (Wildman–Crippen MR) is 59.4 cm³/mol. The van der Waals surface area contributed by atoms with E-state index in [9.17, 15) is 9.59 Å². The van der Waals surface area contributed by atoms with E-state index in [-0.39, 0.29) is 11.5 Å². The number of H-pyrrole nitrogens is 1. The SMILES string of the molecule is CC(=O)NCCC=Cc1ccc(=O)[nH]c1. The number of pyridine rings is 1. The third-order valence-electron chi connectivity index (χ3n) is 1.80. The molecule has 1 heterocycles. The van der Waals surface area contributed by atoms with Crippen LogP contribution in [0.1, 0.15) is 18.9 Å². The molecular formula is C11H14N2O2. The Labute approximate surface area is 88.0 Å². The van der Waals surface area contributed by atoms with Gasteiger partial charge in [0.05, 0.1) is 0 Å². The van der Waals surface area contributed by atoms with Crippen LogP contribution < -0.4 is 10.9 Å². The van der Waals surface area contributed by atoms with Crippen molar-refractivity contribution in [2.24, 2.45) is 0 Å². The second kappa shape index (κ2) is 5.80. The third-order valence-corrected chi connectivity index (χ3v) is 1.80. The first-order valence-corrected chi connectivity index (χ1v) is 4.78. The molecule has 80 valence electrons. The molecule has 1 aromatic heterocycles. The van der Waals surface area contributed by atoms with Crippen LogP contribution in [0, 0.1) is 0 Å². The fraction of sp³-hybridized carbons (Fsp3) is 0.273. The molecule has 0 fully saturated rings. The zero-order chi connectivity index (χ0) is 11.1. The first kappa shape index (κ1) is 11.2. The van der Waals surface area contributed by atoms with Gasteiger partial charge in [0, 0.05) is 25.7 Å². The van der Waals surface area contributed by atoms with Crippen LogP contribution in [0.15, 0.2) is 29.2 Å². The first-order chi connectivity index (χ1) is 7.18. The zero-order valence-electron chi connectivity index (χ0n) is 8.62. The van der Waals surface area contributed by atoms with Crippen LogP contribution in [0.25, 0.3) is 6.08 Å². The third kappa shape index (κ3) is 4.81. The number of aromatic amines is 1. The van der Waals surface area contributed by atoms with Crippen molar-refractivity contribution in [3.8, 4) is 0 Å². The lowest BCUT2D eigenvalue weighted by Gasteiger charge is -1.96. The molecule has 0 aliphatic carbocycles.